The van der Waals surface area contributed by atoms with E-state index in [-0.39, 0.29) is 49.4 Å². The Morgan fingerprint density at radius 1 is 1.19 bits per heavy atom. The second kappa shape index (κ2) is 10.4. The van der Waals surface area contributed by atoms with Gasteiger partial charge in [-0.2, -0.15) is 0 Å². The Kier molecular flexibility index (Phi) is 7.42. The van der Waals surface area contributed by atoms with Crippen LogP contribution in [-0.4, -0.2) is 64.1 Å². The molecule has 2 N–H and O–H groups in total. The van der Waals surface area contributed by atoms with Gasteiger partial charge in [0.25, 0.3) is 5.91 Å². The van der Waals surface area contributed by atoms with Crippen LogP contribution in [0.3, 0.4) is 0 Å². The van der Waals surface area contributed by atoms with Crippen molar-refractivity contribution in [3.05, 3.63) is 65.0 Å². The van der Waals surface area contributed by atoms with Crippen LogP contribution in [-0.2, 0) is 14.9 Å². The minimum absolute atomic E-state index is 0.0515. The number of H-pyrrole nitrogens is 1. The molecule has 0 radical (unpaired) electrons. The van der Waals surface area contributed by atoms with Crippen LogP contribution in [0.2, 0.25) is 0 Å². The molecule has 8 nitrogen and oxygen atoms in total. The van der Waals surface area contributed by atoms with Crippen molar-refractivity contribution < 1.29 is 33.0 Å². The first-order chi connectivity index (χ1) is 17.5. The van der Waals surface area contributed by atoms with E-state index in [2.05, 4.69) is 9.97 Å². The van der Waals surface area contributed by atoms with E-state index >= 15 is 0 Å². The number of hydrogen-bond donors (Lipinski definition) is 2. The number of halogens is 2. The molecule has 0 bridgehead atoms. The molecule has 1 aromatic carbocycles. The van der Waals surface area contributed by atoms with Crippen molar-refractivity contribution in [2.45, 2.75) is 39.2 Å². The lowest BCUT2D eigenvalue weighted by Gasteiger charge is -2.29. The van der Waals surface area contributed by atoms with E-state index in [1.54, 1.807) is 12.1 Å². The number of pyridine rings is 1. The fourth-order valence-electron chi connectivity index (χ4n) is 4.37. The van der Waals surface area contributed by atoms with Crippen LogP contribution in [0.15, 0.2) is 36.5 Å². The quantitative estimate of drug-likeness (QED) is 0.472. The number of fused-ring (bicyclic) bond motifs is 3. The number of aliphatic hydroxyl groups is 1. The number of ketones is 1. The molecule has 0 atom stereocenters. The Morgan fingerprint density at radius 3 is 2.62 bits per heavy atom. The Balaban J connectivity index is 1.86. The molecule has 0 fully saturated rings. The molecule has 3 aromatic rings. The summed E-state index contributed by atoms with van der Waals surface area (Å²) in [5.74, 6) is -2.84. The molecule has 0 saturated carbocycles. The number of ether oxygens (including phenoxy) is 2. The van der Waals surface area contributed by atoms with Crippen molar-refractivity contribution >= 4 is 28.3 Å². The van der Waals surface area contributed by atoms with E-state index in [1.165, 1.54) is 17.2 Å². The lowest BCUT2D eigenvalue weighted by molar-refractivity contribution is -0.119. The number of nitrogens with zero attached hydrogens (tertiary/aromatic N) is 2. The summed E-state index contributed by atoms with van der Waals surface area (Å²) in [7, 11) is 0. The zero-order chi connectivity index (χ0) is 26.9. The van der Waals surface area contributed by atoms with Crippen molar-refractivity contribution in [2.24, 2.45) is 0 Å². The molecule has 1 aliphatic rings. The Morgan fingerprint density at radius 2 is 1.95 bits per heavy atom. The number of aliphatic hydroxyl groups excluding tert-OH is 1. The standard InChI is InChI=1S/C27H29F2N3O5/c1-15(2)37-13-21(34)17-12-32(26(35)16-5-6-18(28)19(29)11-16)14-27(3,4)23-24(17)30-20-7-8-22(31-25(20)23)36-10-9-33/h5-8,11-12,15,30,33H,9-10,13-14H2,1-4H3. The van der Waals surface area contributed by atoms with Crippen LogP contribution >= 0.6 is 0 Å². The monoisotopic (exact) mass is 513 g/mol. The fraction of sp³-hybridized carbons (Fsp3) is 0.370. The molecular formula is C27H29F2N3O5. The van der Waals surface area contributed by atoms with Gasteiger partial charge >= 0.3 is 0 Å². The molecule has 1 amide bonds. The van der Waals surface area contributed by atoms with Gasteiger partial charge in [0.2, 0.25) is 5.88 Å². The summed E-state index contributed by atoms with van der Waals surface area (Å²) in [5, 5.41) is 9.11. The topological polar surface area (TPSA) is 105 Å². The molecule has 37 heavy (non-hydrogen) atoms. The van der Waals surface area contributed by atoms with E-state index in [1.807, 2.05) is 27.7 Å². The van der Waals surface area contributed by atoms with Gasteiger partial charge < -0.3 is 24.5 Å². The van der Waals surface area contributed by atoms with Gasteiger partial charge in [-0.1, -0.05) is 13.8 Å². The molecule has 4 rings (SSSR count). The summed E-state index contributed by atoms with van der Waals surface area (Å²) in [6.45, 7) is 7.22. The smallest absolute Gasteiger partial charge is 0.257 e. The Bertz CT molecular complexity index is 1380. The average Bonchev–Trinajstić information content (AvgIpc) is 3.19. The van der Waals surface area contributed by atoms with Gasteiger partial charge in [-0.25, -0.2) is 13.8 Å². The highest BCUT2D eigenvalue weighted by Crippen LogP contribution is 2.40. The normalized spacial score (nSPS) is 14.9. The maximum absolute atomic E-state index is 13.9. The van der Waals surface area contributed by atoms with Crippen molar-refractivity contribution in [3.63, 3.8) is 0 Å². The number of aromatic amines is 1. The number of amides is 1. The van der Waals surface area contributed by atoms with Crippen molar-refractivity contribution in [3.8, 4) is 5.88 Å². The van der Waals surface area contributed by atoms with E-state index in [4.69, 9.17) is 14.6 Å². The van der Waals surface area contributed by atoms with Gasteiger partial charge in [-0.3, -0.25) is 9.59 Å². The zero-order valence-electron chi connectivity index (χ0n) is 21.1. The number of Topliss-reactive ketones (excluding diaryl/α,β-unsaturated/α-hetero) is 1. The predicted octanol–water partition coefficient (Wildman–Crippen LogP) is 3.98. The number of benzene rings is 1. The number of aromatic nitrogens is 2. The van der Waals surface area contributed by atoms with Gasteiger partial charge in [-0.05, 0) is 38.1 Å². The van der Waals surface area contributed by atoms with Gasteiger partial charge in [-0.15, -0.1) is 0 Å². The summed E-state index contributed by atoms with van der Waals surface area (Å²) in [4.78, 5) is 36.0. The van der Waals surface area contributed by atoms with Crippen molar-refractivity contribution in [2.75, 3.05) is 26.4 Å². The number of nitrogens with one attached hydrogen (secondary N) is 1. The van der Waals surface area contributed by atoms with Crippen LogP contribution < -0.4 is 4.74 Å². The van der Waals surface area contributed by atoms with E-state index in [9.17, 15) is 18.4 Å². The first-order valence-corrected chi connectivity index (χ1v) is 11.9. The lowest BCUT2D eigenvalue weighted by Crippen LogP contribution is -2.37. The van der Waals surface area contributed by atoms with Crippen LogP contribution in [0.5, 0.6) is 5.88 Å². The number of rotatable bonds is 8. The Labute approximate surface area is 212 Å². The first-order valence-electron chi connectivity index (χ1n) is 11.9. The van der Waals surface area contributed by atoms with Crippen LogP contribution in [0.25, 0.3) is 16.6 Å². The summed E-state index contributed by atoms with van der Waals surface area (Å²) < 4.78 is 38.5. The number of carbonyl (C=O) groups is 2. The second-order valence-electron chi connectivity index (χ2n) is 9.76. The Hall–Kier alpha value is -3.63. The fourth-order valence-corrected chi connectivity index (χ4v) is 4.37. The van der Waals surface area contributed by atoms with Gasteiger partial charge in [0, 0.05) is 35.4 Å². The van der Waals surface area contributed by atoms with Crippen LogP contribution in [0.1, 0.15) is 49.3 Å². The highest BCUT2D eigenvalue weighted by atomic mass is 19.2. The molecule has 1 aliphatic heterocycles. The molecule has 0 spiro atoms. The minimum Gasteiger partial charge on any atom is -0.475 e. The third-order valence-corrected chi connectivity index (χ3v) is 6.03. The first kappa shape index (κ1) is 26.4. The van der Waals surface area contributed by atoms with Gasteiger partial charge in [0.15, 0.2) is 17.4 Å². The zero-order valence-corrected chi connectivity index (χ0v) is 21.1. The maximum atomic E-state index is 13.9. The third-order valence-electron chi connectivity index (χ3n) is 6.03. The van der Waals surface area contributed by atoms with Crippen molar-refractivity contribution in [1.82, 2.24) is 14.9 Å². The van der Waals surface area contributed by atoms with Crippen LogP contribution in [0, 0.1) is 11.6 Å². The number of carbonyl (C=O) groups excluding carboxylic acids is 2. The average molecular weight is 514 g/mol. The molecule has 2 aromatic heterocycles. The van der Waals surface area contributed by atoms with E-state index in [0.29, 0.717) is 28.2 Å². The SMILES string of the molecule is CC(C)OCC(=O)C1=CN(C(=O)c2ccc(F)c(F)c2)CC(C)(C)c2c1[nH]c1ccc(OCCO)nc21. The molecule has 10 heteroatoms. The van der Waals surface area contributed by atoms with E-state index < -0.39 is 23.0 Å². The summed E-state index contributed by atoms with van der Waals surface area (Å²) in [6.07, 6.45) is 1.24. The summed E-state index contributed by atoms with van der Waals surface area (Å²) >= 11 is 0. The molecular weight excluding hydrogens is 484 g/mol. The molecule has 0 aliphatic carbocycles. The van der Waals surface area contributed by atoms with Gasteiger partial charge in [0.1, 0.15) is 13.2 Å². The molecule has 3 heterocycles. The number of hydrogen-bond acceptors (Lipinski definition) is 6. The molecule has 0 saturated heterocycles. The summed E-state index contributed by atoms with van der Waals surface area (Å²) in [5.41, 5.74) is 1.82. The lowest BCUT2D eigenvalue weighted by atomic mass is 9.82. The van der Waals surface area contributed by atoms with Crippen molar-refractivity contribution in [1.29, 1.82) is 0 Å². The second-order valence-corrected chi connectivity index (χ2v) is 9.76. The third kappa shape index (κ3) is 5.40. The predicted molar refractivity (Wildman–Crippen MR) is 133 cm³/mol. The molecule has 196 valence electrons. The van der Waals surface area contributed by atoms with Crippen LogP contribution in [0.4, 0.5) is 8.78 Å². The summed E-state index contributed by atoms with van der Waals surface area (Å²) in [6, 6.07) is 6.37. The minimum atomic E-state index is -1.14. The highest BCUT2D eigenvalue weighted by Gasteiger charge is 2.38. The van der Waals surface area contributed by atoms with Gasteiger partial charge in [0.05, 0.1) is 35.0 Å². The highest BCUT2D eigenvalue weighted by molar-refractivity contribution is 6.22. The van der Waals surface area contributed by atoms with E-state index in [0.717, 1.165) is 12.1 Å². The molecule has 0 unspecified atom stereocenters. The maximum Gasteiger partial charge on any atom is 0.257 e. The largest absolute Gasteiger partial charge is 0.475 e.